The van der Waals surface area contributed by atoms with Gasteiger partial charge in [0.15, 0.2) is 0 Å². The molecule has 0 aliphatic carbocycles. The van der Waals surface area contributed by atoms with Crippen LogP contribution in [-0.4, -0.2) is 27.3 Å². The Hall–Kier alpha value is -0.770. The van der Waals surface area contributed by atoms with Gasteiger partial charge in [-0.3, -0.25) is 0 Å². The van der Waals surface area contributed by atoms with Gasteiger partial charge in [-0.25, -0.2) is 0 Å². The minimum Gasteiger partial charge on any atom is -0.385 e. The van der Waals surface area contributed by atoms with Crippen LogP contribution in [0.25, 0.3) is 0 Å². The predicted molar refractivity (Wildman–Crippen MR) is 73.8 cm³/mol. The van der Waals surface area contributed by atoms with Crippen LogP contribution in [0, 0.1) is 0 Å². The Labute approximate surface area is 109 Å². The quantitative estimate of drug-likeness (QED) is 0.796. The molecule has 0 heterocycles. The van der Waals surface area contributed by atoms with Crippen LogP contribution >= 0.6 is 11.6 Å². The van der Waals surface area contributed by atoms with Crippen molar-refractivity contribution < 1.29 is 4.74 Å². The molecule has 1 aromatic rings. The molecule has 0 aliphatic rings. The van der Waals surface area contributed by atoms with E-state index in [-0.39, 0.29) is 6.04 Å². The fourth-order valence-electron chi connectivity index (χ4n) is 1.68. The molecule has 0 aliphatic heterocycles. The molecular formula is C13H21ClN2O. The van der Waals surface area contributed by atoms with E-state index in [1.165, 1.54) is 0 Å². The highest BCUT2D eigenvalue weighted by Crippen LogP contribution is 2.27. The van der Waals surface area contributed by atoms with E-state index in [1.807, 2.05) is 32.2 Å². The largest absolute Gasteiger partial charge is 0.385 e. The number of benzene rings is 1. The summed E-state index contributed by atoms with van der Waals surface area (Å²) in [6.07, 6.45) is 0.984. The first-order valence-corrected chi connectivity index (χ1v) is 6.19. The summed E-state index contributed by atoms with van der Waals surface area (Å²) in [6.45, 7) is 3.64. The highest BCUT2D eigenvalue weighted by Gasteiger charge is 2.08. The van der Waals surface area contributed by atoms with Crippen molar-refractivity contribution in [3.8, 4) is 0 Å². The zero-order valence-electron chi connectivity index (χ0n) is 10.7. The van der Waals surface area contributed by atoms with Crippen LogP contribution < -0.4 is 10.6 Å². The van der Waals surface area contributed by atoms with Crippen molar-refractivity contribution in [2.45, 2.75) is 19.4 Å². The maximum atomic E-state index is 6.25. The number of hydrogen-bond acceptors (Lipinski definition) is 3. The van der Waals surface area contributed by atoms with Gasteiger partial charge in [0, 0.05) is 33.4 Å². The Kier molecular flexibility index (Phi) is 5.75. The van der Waals surface area contributed by atoms with Crippen molar-refractivity contribution in [2.75, 3.05) is 32.2 Å². The molecule has 3 nitrogen and oxygen atoms in total. The van der Waals surface area contributed by atoms with Gasteiger partial charge in [-0.05, 0) is 31.0 Å². The molecule has 17 heavy (non-hydrogen) atoms. The third-order valence-corrected chi connectivity index (χ3v) is 3.05. The van der Waals surface area contributed by atoms with Crippen LogP contribution in [0.3, 0.4) is 0 Å². The third kappa shape index (κ3) is 4.19. The number of anilines is 1. The summed E-state index contributed by atoms with van der Waals surface area (Å²) in [4.78, 5) is 2.13. The first-order valence-electron chi connectivity index (χ1n) is 5.81. The Bertz CT molecular complexity index is 355. The maximum Gasteiger partial charge on any atom is 0.0642 e. The summed E-state index contributed by atoms with van der Waals surface area (Å²) in [5, 5.41) is 0.750. The molecule has 0 radical (unpaired) electrons. The molecule has 0 saturated carbocycles. The van der Waals surface area contributed by atoms with Gasteiger partial charge in [-0.1, -0.05) is 17.7 Å². The van der Waals surface area contributed by atoms with Gasteiger partial charge in [0.1, 0.15) is 0 Å². The van der Waals surface area contributed by atoms with Crippen molar-refractivity contribution in [3.63, 3.8) is 0 Å². The maximum absolute atomic E-state index is 6.25. The van der Waals surface area contributed by atoms with Crippen molar-refractivity contribution >= 4 is 17.3 Å². The Balaban J connectivity index is 2.70. The number of rotatable bonds is 6. The lowest BCUT2D eigenvalue weighted by Crippen LogP contribution is -2.20. The third-order valence-electron chi connectivity index (χ3n) is 2.75. The van der Waals surface area contributed by atoms with E-state index in [9.17, 15) is 0 Å². The van der Waals surface area contributed by atoms with Crippen LogP contribution in [0.15, 0.2) is 18.2 Å². The van der Waals surface area contributed by atoms with Crippen LogP contribution in [-0.2, 0) is 4.74 Å². The van der Waals surface area contributed by atoms with Gasteiger partial charge < -0.3 is 15.4 Å². The molecule has 4 heteroatoms. The first kappa shape index (κ1) is 14.3. The van der Waals surface area contributed by atoms with Gasteiger partial charge in [0.25, 0.3) is 0 Å². The van der Waals surface area contributed by atoms with Crippen molar-refractivity contribution in [1.29, 1.82) is 0 Å². The molecule has 0 unspecified atom stereocenters. The zero-order valence-corrected chi connectivity index (χ0v) is 11.5. The molecule has 2 N–H and O–H groups in total. The second-order valence-electron chi connectivity index (χ2n) is 4.27. The van der Waals surface area contributed by atoms with Crippen LogP contribution in [0.1, 0.15) is 24.9 Å². The van der Waals surface area contributed by atoms with Crippen LogP contribution in [0.4, 0.5) is 5.69 Å². The summed E-state index contributed by atoms with van der Waals surface area (Å²) in [7, 11) is 3.74. The van der Waals surface area contributed by atoms with Gasteiger partial charge in [0.05, 0.1) is 10.7 Å². The average Bonchev–Trinajstić information content (AvgIpc) is 2.28. The molecule has 0 spiro atoms. The fraction of sp³-hybridized carbons (Fsp3) is 0.538. The van der Waals surface area contributed by atoms with Gasteiger partial charge in [-0.15, -0.1) is 0 Å². The van der Waals surface area contributed by atoms with E-state index in [2.05, 4.69) is 4.90 Å². The number of nitrogens with zero attached hydrogens (tertiary/aromatic N) is 1. The molecule has 0 amide bonds. The Morgan fingerprint density at radius 1 is 1.47 bits per heavy atom. The molecule has 96 valence electrons. The van der Waals surface area contributed by atoms with Crippen LogP contribution in [0.5, 0.6) is 0 Å². The summed E-state index contributed by atoms with van der Waals surface area (Å²) >= 11 is 6.25. The molecule has 0 bridgehead atoms. The molecule has 0 aromatic heterocycles. The number of halogens is 1. The monoisotopic (exact) mass is 256 g/mol. The highest BCUT2D eigenvalue weighted by atomic mass is 35.5. The average molecular weight is 257 g/mol. The second-order valence-corrected chi connectivity index (χ2v) is 4.67. The Morgan fingerprint density at radius 2 is 2.18 bits per heavy atom. The molecule has 0 saturated heterocycles. The number of ether oxygens (including phenoxy) is 1. The first-order chi connectivity index (χ1) is 8.06. The van der Waals surface area contributed by atoms with E-state index in [1.54, 1.807) is 7.11 Å². The van der Waals surface area contributed by atoms with Gasteiger partial charge in [-0.2, -0.15) is 0 Å². The SMILES string of the molecule is COCCCN(C)c1ccc([C@@H](C)N)cc1Cl. The normalized spacial score (nSPS) is 12.5. The van der Waals surface area contributed by atoms with E-state index in [0.717, 1.165) is 35.8 Å². The summed E-state index contributed by atoms with van der Waals surface area (Å²) in [5.41, 5.74) is 7.91. The van der Waals surface area contributed by atoms with E-state index in [4.69, 9.17) is 22.1 Å². The molecular weight excluding hydrogens is 236 g/mol. The summed E-state index contributed by atoms with van der Waals surface area (Å²) in [5.74, 6) is 0. The summed E-state index contributed by atoms with van der Waals surface area (Å²) < 4.78 is 5.03. The molecule has 1 rings (SSSR count). The topological polar surface area (TPSA) is 38.5 Å². The lowest BCUT2D eigenvalue weighted by atomic mass is 10.1. The molecule has 0 fully saturated rings. The Morgan fingerprint density at radius 3 is 2.71 bits per heavy atom. The predicted octanol–water partition coefficient (Wildman–Crippen LogP) is 2.83. The van der Waals surface area contributed by atoms with Crippen molar-refractivity contribution in [1.82, 2.24) is 0 Å². The molecule has 1 atom stereocenters. The molecule has 1 aromatic carbocycles. The van der Waals surface area contributed by atoms with E-state index < -0.39 is 0 Å². The minimum atomic E-state index is 0.0142. The van der Waals surface area contributed by atoms with Crippen molar-refractivity contribution in [3.05, 3.63) is 28.8 Å². The van der Waals surface area contributed by atoms with Gasteiger partial charge in [0.2, 0.25) is 0 Å². The number of methoxy groups -OCH3 is 1. The minimum absolute atomic E-state index is 0.0142. The van der Waals surface area contributed by atoms with Crippen LogP contribution in [0.2, 0.25) is 5.02 Å². The lowest BCUT2D eigenvalue weighted by Gasteiger charge is -2.21. The number of hydrogen-bond donors (Lipinski definition) is 1. The van der Waals surface area contributed by atoms with Gasteiger partial charge >= 0.3 is 0 Å². The smallest absolute Gasteiger partial charge is 0.0642 e. The second kappa shape index (κ2) is 6.84. The van der Waals surface area contributed by atoms with E-state index >= 15 is 0 Å². The zero-order chi connectivity index (χ0) is 12.8. The lowest BCUT2D eigenvalue weighted by molar-refractivity contribution is 0.196. The fourth-order valence-corrected chi connectivity index (χ4v) is 2.02. The van der Waals surface area contributed by atoms with Crippen molar-refractivity contribution in [2.24, 2.45) is 5.73 Å². The highest BCUT2D eigenvalue weighted by molar-refractivity contribution is 6.33. The standard InChI is InChI=1S/C13H21ClN2O/c1-10(15)11-5-6-13(12(14)9-11)16(2)7-4-8-17-3/h5-6,9-10H,4,7-8,15H2,1-3H3/t10-/m1/s1. The number of nitrogens with two attached hydrogens (primary N) is 1. The summed E-state index contributed by atoms with van der Waals surface area (Å²) in [6, 6.07) is 6.00. The van der Waals surface area contributed by atoms with E-state index in [0.29, 0.717) is 0 Å².